The number of aliphatic carboxylic acids is 1. The maximum Gasteiger partial charge on any atom is 0.317 e. The summed E-state index contributed by atoms with van der Waals surface area (Å²) in [6.07, 6.45) is 4.19. The zero-order valence-electron chi connectivity index (χ0n) is 12.6. The molecule has 2 fully saturated rings. The van der Waals surface area contributed by atoms with Gasteiger partial charge in [-0.05, 0) is 24.8 Å². The van der Waals surface area contributed by atoms with E-state index in [1.807, 2.05) is 23.1 Å². The van der Waals surface area contributed by atoms with Gasteiger partial charge in [-0.25, -0.2) is 4.79 Å². The molecule has 2 aliphatic rings. The normalized spacial score (nSPS) is 21.8. The lowest BCUT2D eigenvalue weighted by molar-refractivity contribution is -0.137. The molecule has 0 radical (unpaired) electrons. The van der Waals surface area contributed by atoms with Crippen LogP contribution in [0.15, 0.2) is 30.3 Å². The van der Waals surface area contributed by atoms with Crippen molar-refractivity contribution in [3.63, 3.8) is 0 Å². The summed E-state index contributed by atoms with van der Waals surface area (Å²) < 4.78 is 0. The van der Waals surface area contributed by atoms with Crippen LogP contribution in [0, 0.1) is 5.41 Å². The van der Waals surface area contributed by atoms with E-state index in [9.17, 15) is 9.59 Å². The molecule has 3 rings (SSSR count). The van der Waals surface area contributed by atoms with Crippen molar-refractivity contribution in [2.75, 3.05) is 13.1 Å². The second-order valence-electron chi connectivity index (χ2n) is 6.39. The van der Waals surface area contributed by atoms with Crippen LogP contribution in [0.5, 0.6) is 0 Å². The smallest absolute Gasteiger partial charge is 0.317 e. The third-order valence-electron chi connectivity index (χ3n) is 4.95. The lowest BCUT2D eigenvalue weighted by atomic mass is 9.56. The molecule has 1 heterocycles. The zero-order valence-corrected chi connectivity index (χ0v) is 12.6. The summed E-state index contributed by atoms with van der Waals surface area (Å²) in [5.74, 6) is -0.825. The second kappa shape index (κ2) is 5.99. The molecule has 1 aromatic rings. The molecule has 2 amide bonds. The molecule has 1 aliphatic carbocycles. The number of rotatable bonds is 5. The highest BCUT2D eigenvalue weighted by atomic mass is 16.4. The summed E-state index contributed by atoms with van der Waals surface area (Å²) in [6.45, 7) is 1.23. The van der Waals surface area contributed by atoms with Crippen LogP contribution < -0.4 is 5.32 Å². The number of nitrogens with zero attached hydrogens (tertiary/aromatic N) is 1. The van der Waals surface area contributed by atoms with Crippen molar-refractivity contribution in [3.05, 3.63) is 35.9 Å². The largest absolute Gasteiger partial charge is 0.481 e. The number of urea groups is 1. The molecule has 1 aromatic carbocycles. The Morgan fingerprint density at radius 1 is 1.27 bits per heavy atom. The molecule has 1 saturated carbocycles. The molecule has 22 heavy (non-hydrogen) atoms. The molecular weight excluding hydrogens is 280 g/mol. The van der Waals surface area contributed by atoms with Gasteiger partial charge in [0.05, 0.1) is 6.04 Å². The third-order valence-corrected chi connectivity index (χ3v) is 4.95. The standard InChI is InChI=1S/C17H22N2O3/c20-14(21)8-4-11-18-16(22)19-12-17(9-5-10-17)15(19)13-6-2-1-3-7-13/h1-3,6-7,15H,4-5,8-12H2,(H,18,22)(H,20,21). The highest BCUT2D eigenvalue weighted by Crippen LogP contribution is 2.60. The Hall–Kier alpha value is -2.04. The van der Waals surface area contributed by atoms with Crippen molar-refractivity contribution in [2.45, 2.75) is 38.1 Å². The van der Waals surface area contributed by atoms with Crippen LogP contribution in [0.25, 0.3) is 0 Å². The number of benzene rings is 1. The van der Waals surface area contributed by atoms with E-state index < -0.39 is 5.97 Å². The molecule has 5 nitrogen and oxygen atoms in total. The minimum atomic E-state index is -0.825. The van der Waals surface area contributed by atoms with Crippen molar-refractivity contribution >= 4 is 12.0 Å². The lowest BCUT2D eigenvalue weighted by Gasteiger charge is -2.62. The highest BCUT2D eigenvalue weighted by molar-refractivity contribution is 5.76. The first-order valence-electron chi connectivity index (χ1n) is 7.94. The first-order chi connectivity index (χ1) is 10.6. The topological polar surface area (TPSA) is 69.6 Å². The SMILES string of the molecule is O=C(O)CCCNC(=O)N1CC2(CCC2)C1c1ccccc1. The third kappa shape index (κ3) is 2.67. The summed E-state index contributed by atoms with van der Waals surface area (Å²) in [4.78, 5) is 24.7. The fourth-order valence-corrected chi connectivity index (χ4v) is 3.69. The molecule has 1 aliphatic heterocycles. The number of carbonyl (C=O) groups excluding carboxylic acids is 1. The number of carboxylic acids is 1. The van der Waals surface area contributed by atoms with Gasteiger partial charge in [-0.2, -0.15) is 0 Å². The molecule has 1 saturated heterocycles. The van der Waals surface area contributed by atoms with E-state index in [-0.39, 0.29) is 23.9 Å². The Morgan fingerprint density at radius 3 is 2.59 bits per heavy atom. The molecule has 1 spiro atoms. The van der Waals surface area contributed by atoms with Crippen LogP contribution in [0.3, 0.4) is 0 Å². The minimum Gasteiger partial charge on any atom is -0.481 e. The van der Waals surface area contributed by atoms with Gasteiger partial charge in [-0.1, -0.05) is 36.8 Å². The number of likely N-dealkylation sites (tertiary alicyclic amines) is 1. The van der Waals surface area contributed by atoms with Gasteiger partial charge in [-0.15, -0.1) is 0 Å². The molecule has 5 heteroatoms. The molecule has 0 aromatic heterocycles. The predicted molar refractivity (Wildman–Crippen MR) is 82.4 cm³/mol. The zero-order chi connectivity index (χ0) is 15.6. The first kappa shape index (κ1) is 14.9. The number of carbonyl (C=O) groups is 2. The van der Waals surface area contributed by atoms with Gasteiger partial charge >= 0.3 is 12.0 Å². The van der Waals surface area contributed by atoms with Gasteiger partial charge in [0.1, 0.15) is 0 Å². The van der Waals surface area contributed by atoms with E-state index in [2.05, 4.69) is 17.4 Å². The average molecular weight is 302 g/mol. The molecule has 118 valence electrons. The van der Waals surface area contributed by atoms with Crippen molar-refractivity contribution < 1.29 is 14.7 Å². The van der Waals surface area contributed by atoms with E-state index >= 15 is 0 Å². The molecule has 1 atom stereocenters. The van der Waals surface area contributed by atoms with E-state index in [4.69, 9.17) is 5.11 Å². The first-order valence-corrected chi connectivity index (χ1v) is 7.94. The van der Waals surface area contributed by atoms with Gasteiger partial charge in [0.15, 0.2) is 0 Å². The average Bonchev–Trinajstić information content (AvgIpc) is 2.42. The van der Waals surface area contributed by atoms with Gasteiger partial charge in [0.2, 0.25) is 0 Å². The van der Waals surface area contributed by atoms with Crippen molar-refractivity contribution in [2.24, 2.45) is 5.41 Å². The van der Waals surface area contributed by atoms with Crippen molar-refractivity contribution in [1.82, 2.24) is 10.2 Å². The Labute approximate surface area is 130 Å². The molecule has 2 N–H and O–H groups in total. The fraction of sp³-hybridized carbons (Fsp3) is 0.529. The number of amides is 2. The lowest BCUT2D eigenvalue weighted by Crippen LogP contribution is -2.65. The van der Waals surface area contributed by atoms with Gasteiger partial charge in [0, 0.05) is 24.9 Å². The van der Waals surface area contributed by atoms with Crippen LogP contribution in [0.1, 0.15) is 43.7 Å². The van der Waals surface area contributed by atoms with E-state index in [0.717, 1.165) is 6.54 Å². The number of carboxylic acid groups (broad SMARTS) is 1. The highest BCUT2D eigenvalue weighted by Gasteiger charge is 2.57. The number of nitrogens with one attached hydrogen (secondary N) is 1. The number of hydrogen-bond acceptors (Lipinski definition) is 2. The Bertz CT molecular complexity index is 554. The summed E-state index contributed by atoms with van der Waals surface area (Å²) in [5.41, 5.74) is 1.48. The maximum atomic E-state index is 12.3. The van der Waals surface area contributed by atoms with Crippen molar-refractivity contribution in [3.8, 4) is 0 Å². The molecule has 0 bridgehead atoms. The van der Waals surface area contributed by atoms with Crippen LogP contribution in [-0.2, 0) is 4.79 Å². The fourth-order valence-electron chi connectivity index (χ4n) is 3.69. The quantitative estimate of drug-likeness (QED) is 0.822. The van der Waals surface area contributed by atoms with Gasteiger partial charge in [-0.3, -0.25) is 4.79 Å². The van der Waals surface area contributed by atoms with Crippen LogP contribution >= 0.6 is 0 Å². The number of hydrogen-bond donors (Lipinski definition) is 2. The predicted octanol–water partition coefficient (Wildman–Crippen LogP) is 2.79. The van der Waals surface area contributed by atoms with Crippen LogP contribution in [0.4, 0.5) is 4.79 Å². The van der Waals surface area contributed by atoms with E-state index in [1.54, 1.807) is 0 Å². The maximum absolute atomic E-state index is 12.3. The summed E-state index contributed by atoms with van der Waals surface area (Å²) >= 11 is 0. The molecule has 1 unspecified atom stereocenters. The summed E-state index contributed by atoms with van der Waals surface area (Å²) in [7, 11) is 0. The Morgan fingerprint density at radius 2 is 2.00 bits per heavy atom. The van der Waals surface area contributed by atoms with Crippen LogP contribution in [0.2, 0.25) is 0 Å². The summed E-state index contributed by atoms with van der Waals surface area (Å²) in [5, 5.41) is 11.5. The second-order valence-corrected chi connectivity index (χ2v) is 6.39. The Balaban J connectivity index is 1.61. The van der Waals surface area contributed by atoms with Crippen molar-refractivity contribution in [1.29, 1.82) is 0 Å². The van der Waals surface area contributed by atoms with Crippen LogP contribution in [-0.4, -0.2) is 35.1 Å². The van der Waals surface area contributed by atoms with Gasteiger partial charge < -0.3 is 15.3 Å². The van der Waals surface area contributed by atoms with Gasteiger partial charge in [0.25, 0.3) is 0 Å². The minimum absolute atomic E-state index is 0.0724. The Kier molecular flexibility index (Phi) is 4.05. The monoisotopic (exact) mass is 302 g/mol. The van der Waals surface area contributed by atoms with E-state index in [1.165, 1.54) is 24.8 Å². The van der Waals surface area contributed by atoms with E-state index in [0.29, 0.717) is 13.0 Å². The summed E-state index contributed by atoms with van der Waals surface area (Å²) in [6, 6.07) is 10.3. The molecular formula is C17H22N2O3.